The SMILES string of the molecule is C=C(C)C(=O)ON(C(C)C)C(C)C. The third-order valence-corrected chi connectivity index (χ3v) is 1.55. The van der Waals surface area contributed by atoms with Crippen molar-refractivity contribution in [3.63, 3.8) is 0 Å². The van der Waals surface area contributed by atoms with Crippen molar-refractivity contribution in [1.82, 2.24) is 5.06 Å². The van der Waals surface area contributed by atoms with Crippen LogP contribution in [0.25, 0.3) is 0 Å². The minimum absolute atomic E-state index is 0.184. The zero-order valence-electron chi connectivity index (χ0n) is 9.13. The first-order chi connectivity index (χ1) is 5.86. The molecule has 0 saturated carbocycles. The molecule has 3 nitrogen and oxygen atoms in total. The van der Waals surface area contributed by atoms with Gasteiger partial charge in [-0.2, -0.15) is 0 Å². The molecular formula is C10H19NO2. The summed E-state index contributed by atoms with van der Waals surface area (Å²) in [6, 6.07) is 0.367. The van der Waals surface area contributed by atoms with E-state index in [1.165, 1.54) is 0 Å². The molecule has 0 aromatic rings. The molecule has 0 aliphatic rings. The highest BCUT2D eigenvalue weighted by Gasteiger charge is 2.18. The number of carbonyl (C=O) groups excluding carboxylic acids is 1. The number of rotatable bonds is 4. The molecule has 0 radical (unpaired) electrons. The summed E-state index contributed by atoms with van der Waals surface area (Å²) in [6.45, 7) is 13.1. The molecule has 76 valence electrons. The van der Waals surface area contributed by atoms with E-state index >= 15 is 0 Å². The molecule has 0 atom stereocenters. The first-order valence-corrected chi connectivity index (χ1v) is 4.52. The van der Waals surface area contributed by atoms with E-state index in [4.69, 9.17) is 4.84 Å². The van der Waals surface area contributed by atoms with E-state index < -0.39 is 0 Å². The molecule has 0 saturated heterocycles. The van der Waals surface area contributed by atoms with Crippen molar-refractivity contribution >= 4 is 5.97 Å². The van der Waals surface area contributed by atoms with Crippen LogP contribution in [0.15, 0.2) is 12.2 Å². The van der Waals surface area contributed by atoms with Gasteiger partial charge in [0.25, 0.3) is 0 Å². The van der Waals surface area contributed by atoms with Gasteiger partial charge in [0.15, 0.2) is 0 Å². The predicted octanol–water partition coefficient (Wildman–Crippen LogP) is 2.14. The Kier molecular flexibility index (Phi) is 4.70. The minimum atomic E-state index is -0.359. The number of hydroxylamine groups is 2. The molecule has 0 rings (SSSR count). The number of nitrogens with zero attached hydrogens (tertiary/aromatic N) is 1. The molecule has 0 aromatic heterocycles. The van der Waals surface area contributed by atoms with E-state index in [0.717, 1.165) is 0 Å². The van der Waals surface area contributed by atoms with Crippen molar-refractivity contribution in [3.8, 4) is 0 Å². The van der Waals surface area contributed by atoms with Gasteiger partial charge in [-0.1, -0.05) is 6.58 Å². The Hall–Kier alpha value is -0.830. The van der Waals surface area contributed by atoms with E-state index in [0.29, 0.717) is 5.57 Å². The fourth-order valence-electron chi connectivity index (χ4n) is 0.981. The van der Waals surface area contributed by atoms with Crippen LogP contribution < -0.4 is 0 Å². The average molecular weight is 185 g/mol. The van der Waals surface area contributed by atoms with Crippen LogP contribution in [0, 0.1) is 0 Å². The third-order valence-electron chi connectivity index (χ3n) is 1.55. The summed E-state index contributed by atoms with van der Waals surface area (Å²) >= 11 is 0. The molecule has 3 heteroatoms. The van der Waals surface area contributed by atoms with Crippen LogP contribution >= 0.6 is 0 Å². The normalized spacial score (nSPS) is 11.1. The van der Waals surface area contributed by atoms with Gasteiger partial charge in [0.1, 0.15) is 0 Å². The van der Waals surface area contributed by atoms with Crippen LogP contribution in [-0.2, 0) is 9.63 Å². The van der Waals surface area contributed by atoms with Crippen LogP contribution in [0.4, 0.5) is 0 Å². The largest absolute Gasteiger partial charge is 0.364 e. The Balaban J connectivity index is 4.27. The van der Waals surface area contributed by atoms with Gasteiger partial charge in [-0.05, 0) is 34.6 Å². The highest BCUT2D eigenvalue weighted by Crippen LogP contribution is 2.07. The first kappa shape index (κ1) is 12.2. The first-order valence-electron chi connectivity index (χ1n) is 4.52. The van der Waals surface area contributed by atoms with Crippen LogP contribution in [0.1, 0.15) is 34.6 Å². The molecule has 0 unspecified atom stereocenters. The Bertz CT molecular complexity index is 189. The summed E-state index contributed by atoms with van der Waals surface area (Å²) in [7, 11) is 0. The third kappa shape index (κ3) is 4.08. The van der Waals surface area contributed by atoms with Gasteiger partial charge in [0.05, 0.1) is 0 Å². The molecule has 0 heterocycles. The smallest absolute Gasteiger partial charge is 0.352 e. The van der Waals surface area contributed by atoms with Gasteiger partial charge in [-0.15, -0.1) is 5.06 Å². The highest BCUT2D eigenvalue weighted by atomic mass is 16.7. The second-order valence-corrected chi connectivity index (χ2v) is 3.71. The standard InChI is InChI=1S/C10H19NO2/c1-7(2)10(12)13-11(8(3)4)9(5)6/h8-9H,1H2,2-6H3. The maximum Gasteiger partial charge on any atom is 0.352 e. The van der Waals surface area contributed by atoms with Crippen molar-refractivity contribution in [2.24, 2.45) is 0 Å². The van der Waals surface area contributed by atoms with E-state index in [2.05, 4.69) is 6.58 Å². The lowest BCUT2D eigenvalue weighted by molar-refractivity contribution is -0.204. The lowest BCUT2D eigenvalue weighted by Crippen LogP contribution is -2.39. The number of carbonyl (C=O) groups is 1. The van der Waals surface area contributed by atoms with Crippen LogP contribution in [0.5, 0.6) is 0 Å². The summed E-state index contributed by atoms with van der Waals surface area (Å²) in [5.41, 5.74) is 0.423. The summed E-state index contributed by atoms with van der Waals surface area (Å²) in [4.78, 5) is 16.3. The molecule has 0 fully saturated rings. The predicted molar refractivity (Wildman–Crippen MR) is 53.0 cm³/mol. The lowest BCUT2D eigenvalue weighted by Gasteiger charge is -2.28. The van der Waals surface area contributed by atoms with Gasteiger partial charge >= 0.3 is 5.97 Å². The van der Waals surface area contributed by atoms with Crippen LogP contribution in [0.3, 0.4) is 0 Å². The minimum Gasteiger partial charge on any atom is -0.364 e. The monoisotopic (exact) mass is 185 g/mol. The van der Waals surface area contributed by atoms with E-state index in [1.807, 2.05) is 27.7 Å². The Morgan fingerprint density at radius 3 is 1.85 bits per heavy atom. The van der Waals surface area contributed by atoms with E-state index in [-0.39, 0.29) is 18.1 Å². The van der Waals surface area contributed by atoms with E-state index in [9.17, 15) is 4.79 Å². The molecular weight excluding hydrogens is 166 g/mol. The maximum absolute atomic E-state index is 11.2. The fourth-order valence-corrected chi connectivity index (χ4v) is 0.981. The van der Waals surface area contributed by atoms with Crippen LogP contribution in [0.2, 0.25) is 0 Å². The molecule has 0 bridgehead atoms. The fraction of sp³-hybridized carbons (Fsp3) is 0.700. The highest BCUT2D eigenvalue weighted by molar-refractivity contribution is 5.86. The van der Waals surface area contributed by atoms with E-state index in [1.54, 1.807) is 12.0 Å². The summed E-state index contributed by atoms with van der Waals surface area (Å²) < 4.78 is 0. The molecule has 13 heavy (non-hydrogen) atoms. The second-order valence-electron chi connectivity index (χ2n) is 3.71. The number of hydrogen-bond donors (Lipinski definition) is 0. The lowest BCUT2D eigenvalue weighted by atomic mass is 10.3. The summed E-state index contributed by atoms with van der Waals surface area (Å²) in [5, 5.41) is 1.66. The summed E-state index contributed by atoms with van der Waals surface area (Å²) in [5.74, 6) is -0.359. The van der Waals surface area contributed by atoms with Crippen molar-refractivity contribution in [2.45, 2.75) is 46.7 Å². The molecule has 0 aromatic carbocycles. The average Bonchev–Trinajstić information content (AvgIpc) is 1.97. The Labute approximate surface area is 80.3 Å². The van der Waals surface area contributed by atoms with Crippen molar-refractivity contribution in [2.75, 3.05) is 0 Å². The van der Waals surface area contributed by atoms with Gasteiger partial charge in [0, 0.05) is 17.7 Å². The molecule has 0 N–H and O–H groups in total. The van der Waals surface area contributed by atoms with Crippen molar-refractivity contribution in [1.29, 1.82) is 0 Å². The van der Waals surface area contributed by atoms with Crippen molar-refractivity contribution < 1.29 is 9.63 Å². The Morgan fingerprint density at radius 2 is 1.62 bits per heavy atom. The van der Waals surface area contributed by atoms with Gasteiger partial charge in [-0.25, -0.2) is 4.79 Å². The summed E-state index contributed by atoms with van der Waals surface area (Å²) in [6.07, 6.45) is 0. The Morgan fingerprint density at radius 1 is 1.23 bits per heavy atom. The van der Waals surface area contributed by atoms with Crippen molar-refractivity contribution in [3.05, 3.63) is 12.2 Å². The number of hydrogen-bond acceptors (Lipinski definition) is 3. The quantitative estimate of drug-likeness (QED) is 0.496. The maximum atomic E-state index is 11.2. The zero-order chi connectivity index (χ0) is 10.6. The molecule has 0 spiro atoms. The topological polar surface area (TPSA) is 29.5 Å². The van der Waals surface area contributed by atoms with Crippen LogP contribution in [-0.4, -0.2) is 23.1 Å². The second kappa shape index (κ2) is 5.02. The zero-order valence-corrected chi connectivity index (χ0v) is 9.13. The molecule has 0 aliphatic heterocycles. The van der Waals surface area contributed by atoms with Gasteiger partial charge < -0.3 is 4.84 Å². The molecule has 0 amide bonds. The molecule has 0 aliphatic carbocycles. The van der Waals surface area contributed by atoms with Gasteiger partial charge in [-0.3, -0.25) is 0 Å². The van der Waals surface area contributed by atoms with Gasteiger partial charge in [0.2, 0.25) is 0 Å².